The normalized spacial score (nSPS) is 12.2. The highest BCUT2D eigenvalue weighted by molar-refractivity contribution is 6.20. The number of hydrogen-bond donors (Lipinski definition) is 1. The Balaban J connectivity index is 2.15. The van der Waals surface area contributed by atoms with Crippen LogP contribution < -0.4 is 10.1 Å². The Hall–Kier alpha value is -1.82. The van der Waals surface area contributed by atoms with Gasteiger partial charge in [0.15, 0.2) is 11.6 Å². The van der Waals surface area contributed by atoms with Crippen LogP contribution >= 0.6 is 11.6 Å². The molecule has 1 atom stereocenters. The number of nitrogens with zero attached hydrogens (tertiary/aromatic N) is 2. The fraction of sp³-hybridized carbons (Fsp3) is 0.273. The summed E-state index contributed by atoms with van der Waals surface area (Å²) in [4.78, 5) is 0. The van der Waals surface area contributed by atoms with Gasteiger partial charge in [-0.05, 0) is 19.1 Å². The van der Waals surface area contributed by atoms with Gasteiger partial charge in [0.25, 0.3) is 0 Å². The van der Waals surface area contributed by atoms with Crippen LogP contribution in [0.3, 0.4) is 0 Å². The summed E-state index contributed by atoms with van der Waals surface area (Å²) in [6, 6.07) is 4.56. The van der Waals surface area contributed by atoms with Crippen molar-refractivity contribution >= 4 is 23.3 Å². The highest BCUT2D eigenvalue weighted by Crippen LogP contribution is 2.24. The number of anilines is 2. The molecule has 7 heteroatoms. The first kappa shape index (κ1) is 12.6. The number of alkyl halides is 1. The molecule has 0 amide bonds. The Labute approximate surface area is 108 Å². The summed E-state index contributed by atoms with van der Waals surface area (Å²) in [7, 11) is 1.40. The molecule has 0 aliphatic carbocycles. The van der Waals surface area contributed by atoms with E-state index in [9.17, 15) is 4.39 Å². The number of rotatable bonds is 4. The molecule has 1 N–H and O–H groups in total. The second-order valence-corrected chi connectivity index (χ2v) is 4.19. The second-order valence-electron chi connectivity index (χ2n) is 3.54. The van der Waals surface area contributed by atoms with E-state index in [2.05, 4.69) is 15.5 Å². The smallest absolute Gasteiger partial charge is 0.320 e. The van der Waals surface area contributed by atoms with Crippen LogP contribution in [0.25, 0.3) is 0 Å². The van der Waals surface area contributed by atoms with E-state index in [4.69, 9.17) is 20.8 Å². The summed E-state index contributed by atoms with van der Waals surface area (Å²) in [6.45, 7) is 1.71. The summed E-state index contributed by atoms with van der Waals surface area (Å²) >= 11 is 5.78. The third-order valence-corrected chi connectivity index (χ3v) is 2.37. The van der Waals surface area contributed by atoms with Gasteiger partial charge in [-0.3, -0.25) is 0 Å². The average Bonchev–Trinajstić information content (AvgIpc) is 2.78. The largest absolute Gasteiger partial charge is 0.494 e. The minimum absolute atomic E-state index is 0.155. The lowest BCUT2D eigenvalue weighted by Crippen LogP contribution is -1.93. The van der Waals surface area contributed by atoms with Crippen molar-refractivity contribution in [2.45, 2.75) is 12.3 Å². The predicted octanol–water partition coefficient (Wildman–Crippen LogP) is 3.26. The maximum Gasteiger partial charge on any atom is 0.320 e. The van der Waals surface area contributed by atoms with Crippen molar-refractivity contribution in [2.75, 3.05) is 12.4 Å². The molecule has 0 aliphatic heterocycles. The lowest BCUT2D eigenvalue weighted by Gasteiger charge is -2.04. The van der Waals surface area contributed by atoms with Crippen molar-refractivity contribution < 1.29 is 13.5 Å². The molecule has 2 rings (SSSR count). The van der Waals surface area contributed by atoms with Gasteiger partial charge in [-0.1, -0.05) is 5.10 Å². The van der Waals surface area contributed by atoms with Crippen molar-refractivity contribution in [3.63, 3.8) is 0 Å². The number of methoxy groups -OCH3 is 1. The SMILES string of the molecule is COc1ccc(Nc2nnc(C(C)Cl)o2)cc1F. The van der Waals surface area contributed by atoms with Crippen LogP contribution in [0.4, 0.5) is 16.1 Å². The first-order valence-corrected chi connectivity index (χ1v) is 5.62. The van der Waals surface area contributed by atoms with Gasteiger partial charge in [-0.2, -0.15) is 0 Å². The van der Waals surface area contributed by atoms with Crippen LogP contribution in [0.15, 0.2) is 22.6 Å². The molecular weight excluding hydrogens is 261 g/mol. The van der Waals surface area contributed by atoms with Crippen LogP contribution in [0.5, 0.6) is 5.75 Å². The first-order valence-electron chi connectivity index (χ1n) is 5.18. The highest BCUT2D eigenvalue weighted by atomic mass is 35.5. The van der Waals surface area contributed by atoms with E-state index in [1.807, 2.05) is 0 Å². The van der Waals surface area contributed by atoms with Gasteiger partial charge >= 0.3 is 6.01 Å². The molecule has 0 radical (unpaired) electrons. The summed E-state index contributed by atoms with van der Waals surface area (Å²) < 4.78 is 23.5. The Morgan fingerprint density at radius 3 is 2.78 bits per heavy atom. The van der Waals surface area contributed by atoms with Crippen molar-refractivity contribution in [1.29, 1.82) is 0 Å². The standard InChI is InChI=1S/C11H11ClFN3O2/c1-6(12)10-15-16-11(18-10)14-7-3-4-9(17-2)8(13)5-7/h3-6H,1-2H3,(H,14,16). The van der Waals surface area contributed by atoms with Gasteiger partial charge in [0.05, 0.1) is 7.11 Å². The molecule has 0 aliphatic rings. The van der Waals surface area contributed by atoms with E-state index >= 15 is 0 Å². The van der Waals surface area contributed by atoms with E-state index in [0.717, 1.165) is 0 Å². The van der Waals surface area contributed by atoms with Gasteiger partial charge in [-0.25, -0.2) is 4.39 Å². The van der Waals surface area contributed by atoms with E-state index in [-0.39, 0.29) is 17.1 Å². The zero-order valence-corrected chi connectivity index (χ0v) is 10.5. The third kappa shape index (κ3) is 2.70. The minimum Gasteiger partial charge on any atom is -0.494 e. The Bertz CT molecular complexity index is 545. The second kappa shape index (κ2) is 5.22. The van der Waals surface area contributed by atoms with Crippen molar-refractivity contribution in [2.24, 2.45) is 0 Å². The number of halogens is 2. The summed E-state index contributed by atoms with van der Waals surface area (Å²) in [5.41, 5.74) is 0.478. The van der Waals surface area contributed by atoms with Gasteiger partial charge in [0, 0.05) is 11.8 Å². The predicted molar refractivity (Wildman–Crippen MR) is 64.8 cm³/mol. The fourth-order valence-corrected chi connectivity index (χ4v) is 1.40. The van der Waals surface area contributed by atoms with Crippen molar-refractivity contribution in [3.8, 4) is 5.75 Å². The lowest BCUT2D eigenvalue weighted by atomic mass is 10.3. The summed E-state index contributed by atoms with van der Waals surface area (Å²) in [5.74, 6) is -0.0118. The average molecular weight is 272 g/mol. The van der Waals surface area contributed by atoms with Crippen molar-refractivity contribution in [3.05, 3.63) is 29.9 Å². The van der Waals surface area contributed by atoms with Crippen LogP contribution in [0, 0.1) is 5.82 Å². The summed E-state index contributed by atoms with van der Waals surface area (Å²) in [6.07, 6.45) is 0. The number of nitrogens with one attached hydrogen (secondary N) is 1. The van der Waals surface area contributed by atoms with E-state index in [0.29, 0.717) is 11.6 Å². The molecule has 0 spiro atoms. The number of aromatic nitrogens is 2. The maximum atomic E-state index is 13.4. The Morgan fingerprint density at radius 2 is 2.22 bits per heavy atom. The third-order valence-electron chi connectivity index (χ3n) is 2.18. The van der Waals surface area contributed by atoms with Crippen molar-refractivity contribution in [1.82, 2.24) is 10.2 Å². The highest BCUT2D eigenvalue weighted by Gasteiger charge is 2.11. The number of hydrogen-bond acceptors (Lipinski definition) is 5. The molecule has 0 saturated heterocycles. The van der Waals surface area contributed by atoms with E-state index in [1.165, 1.54) is 19.2 Å². The zero-order chi connectivity index (χ0) is 13.1. The Morgan fingerprint density at radius 1 is 1.44 bits per heavy atom. The molecular formula is C11H11ClFN3O2. The molecule has 5 nitrogen and oxygen atoms in total. The number of benzene rings is 1. The van der Waals surface area contributed by atoms with Gasteiger partial charge in [-0.15, -0.1) is 16.7 Å². The van der Waals surface area contributed by atoms with Gasteiger partial charge in [0.1, 0.15) is 5.38 Å². The molecule has 2 aromatic rings. The zero-order valence-electron chi connectivity index (χ0n) is 9.78. The molecule has 0 saturated carbocycles. The van der Waals surface area contributed by atoms with Gasteiger partial charge in [0.2, 0.25) is 5.89 Å². The molecule has 18 heavy (non-hydrogen) atoms. The molecule has 0 fully saturated rings. The molecule has 1 aromatic carbocycles. The molecule has 1 unspecified atom stereocenters. The molecule has 96 valence electrons. The fourth-order valence-electron chi connectivity index (χ4n) is 1.31. The molecule has 1 aromatic heterocycles. The monoisotopic (exact) mass is 271 g/mol. The Kier molecular flexibility index (Phi) is 3.66. The summed E-state index contributed by atoms with van der Waals surface area (Å²) in [5, 5.41) is 9.88. The quantitative estimate of drug-likeness (QED) is 0.865. The lowest BCUT2D eigenvalue weighted by molar-refractivity contribution is 0.386. The topological polar surface area (TPSA) is 60.2 Å². The van der Waals surface area contributed by atoms with Crippen LogP contribution in [-0.4, -0.2) is 17.3 Å². The van der Waals surface area contributed by atoms with Crippen LogP contribution in [-0.2, 0) is 0 Å². The number of ether oxygens (including phenoxy) is 1. The maximum absolute atomic E-state index is 13.4. The van der Waals surface area contributed by atoms with Crippen LogP contribution in [0.2, 0.25) is 0 Å². The van der Waals surface area contributed by atoms with E-state index < -0.39 is 5.82 Å². The molecule has 1 heterocycles. The van der Waals surface area contributed by atoms with E-state index in [1.54, 1.807) is 13.0 Å². The first-order chi connectivity index (χ1) is 8.60. The molecule has 0 bridgehead atoms. The van der Waals surface area contributed by atoms with Crippen LogP contribution in [0.1, 0.15) is 18.2 Å². The minimum atomic E-state index is -0.479. The van der Waals surface area contributed by atoms with Gasteiger partial charge < -0.3 is 14.5 Å².